The quantitative estimate of drug-likeness (QED) is 0.846. The molecule has 1 saturated carbocycles. The molecule has 1 aromatic heterocycles. The molecule has 0 aromatic carbocycles. The van der Waals surface area contributed by atoms with Gasteiger partial charge in [0.15, 0.2) is 5.82 Å². The van der Waals surface area contributed by atoms with E-state index in [1.807, 2.05) is 20.8 Å². The molecule has 0 bridgehead atoms. The van der Waals surface area contributed by atoms with Gasteiger partial charge in [0.05, 0.1) is 0 Å². The highest BCUT2D eigenvalue weighted by atomic mass is 16.5. The second-order valence-corrected chi connectivity index (χ2v) is 7.97. The van der Waals surface area contributed by atoms with Gasteiger partial charge in [0.1, 0.15) is 5.54 Å². The molecule has 1 N–H and O–H groups in total. The van der Waals surface area contributed by atoms with Crippen LogP contribution in [0.15, 0.2) is 4.52 Å². The lowest BCUT2D eigenvalue weighted by Gasteiger charge is -2.41. The van der Waals surface area contributed by atoms with Crippen LogP contribution < -0.4 is 0 Å². The van der Waals surface area contributed by atoms with E-state index in [1.54, 1.807) is 7.05 Å². The van der Waals surface area contributed by atoms with Gasteiger partial charge in [-0.25, -0.2) is 4.79 Å². The second kappa shape index (κ2) is 7.54. The largest absolute Gasteiger partial charge is 0.479 e. The van der Waals surface area contributed by atoms with E-state index < -0.39 is 11.5 Å². The van der Waals surface area contributed by atoms with Crippen LogP contribution in [-0.4, -0.2) is 44.6 Å². The minimum absolute atomic E-state index is 0.139. The number of carboxylic acids is 1. The van der Waals surface area contributed by atoms with Crippen LogP contribution in [0, 0.1) is 0 Å². The fraction of sp³-hybridized carbons (Fsp3) is 0.778. The Hall–Kier alpha value is -1.92. The number of rotatable bonds is 6. The van der Waals surface area contributed by atoms with Crippen LogP contribution in [0.1, 0.15) is 77.4 Å². The van der Waals surface area contributed by atoms with Crippen molar-refractivity contribution in [3.63, 3.8) is 0 Å². The van der Waals surface area contributed by atoms with Gasteiger partial charge in [-0.3, -0.25) is 4.79 Å². The summed E-state index contributed by atoms with van der Waals surface area (Å²) in [5.41, 5.74) is -1.22. The lowest BCUT2D eigenvalue weighted by molar-refractivity contribution is -0.160. The Morgan fingerprint density at radius 3 is 2.40 bits per heavy atom. The van der Waals surface area contributed by atoms with E-state index in [4.69, 9.17) is 4.52 Å². The van der Waals surface area contributed by atoms with E-state index in [-0.39, 0.29) is 17.7 Å². The minimum atomic E-state index is -1.04. The number of aliphatic carboxylic acids is 1. The minimum Gasteiger partial charge on any atom is -0.479 e. The number of nitrogens with zero attached hydrogens (tertiary/aromatic N) is 3. The van der Waals surface area contributed by atoms with E-state index in [0.717, 1.165) is 19.3 Å². The third-order valence-electron chi connectivity index (χ3n) is 5.02. The van der Waals surface area contributed by atoms with E-state index in [0.29, 0.717) is 37.4 Å². The zero-order valence-corrected chi connectivity index (χ0v) is 15.7. The first-order valence-electron chi connectivity index (χ1n) is 9.00. The van der Waals surface area contributed by atoms with Crippen molar-refractivity contribution in [3.05, 3.63) is 11.7 Å². The van der Waals surface area contributed by atoms with Crippen molar-refractivity contribution in [1.82, 2.24) is 15.0 Å². The van der Waals surface area contributed by atoms with Crippen molar-refractivity contribution in [2.45, 2.75) is 83.1 Å². The lowest BCUT2D eigenvalue weighted by Crippen LogP contribution is -2.56. The second-order valence-electron chi connectivity index (χ2n) is 7.97. The summed E-state index contributed by atoms with van der Waals surface area (Å²) in [4.78, 5) is 30.1. The highest BCUT2D eigenvalue weighted by Crippen LogP contribution is 2.33. The van der Waals surface area contributed by atoms with Gasteiger partial charge in [-0.15, -0.1) is 0 Å². The first kappa shape index (κ1) is 19.4. The monoisotopic (exact) mass is 351 g/mol. The Morgan fingerprint density at radius 1 is 1.24 bits per heavy atom. The van der Waals surface area contributed by atoms with Crippen molar-refractivity contribution in [2.24, 2.45) is 0 Å². The standard InChI is InChI=1S/C18H29N3O4/c1-17(2,3)15-19-13(25-20-15)9-8-10-14(22)21(4)18(16(23)24)11-6-5-7-12-18/h5-12H2,1-4H3,(H,23,24). The number of amides is 1. The van der Waals surface area contributed by atoms with Gasteiger partial charge in [0, 0.05) is 25.3 Å². The predicted octanol–water partition coefficient (Wildman–Crippen LogP) is 2.94. The predicted molar refractivity (Wildman–Crippen MR) is 92.2 cm³/mol. The summed E-state index contributed by atoms with van der Waals surface area (Å²) in [5, 5.41) is 13.6. The Bertz CT molecular complexity index is 612. The van der Waals surface area contributed by atoms with E-state index in [1.165, 1.54) is 4.90 Å². The van der Waals surface area contributed by atoms with Crippen LogP contribution in [0.2, 0.25) is 0 Å². The van der Waals surface area contributed by atoms with E-state index >= 15 is 0 Å². The first-order chi connectivity index (χ1) is 11.7. The number of carboxylic acid groups (broad SMARTS) is 1. The molecular formula is C18H29N3O4. The Labute approximate surface area is 148 Å². The summed E-state index contributed by atoms with van der Waals surface area (Å²) in [7, 11) is 1.62. The molecule has 1 fully saturated rings. The zero-order valence-electron chi connectivity index (χ0n) is 15.7. The summed E-state index contributed by atoms with van der Waals surface area (Å²) in [6, 6.07) is 0. The molecule has 0 unspecified atom stereocenters. The molecule has 2 rings (SSSR count). The summed E-state index contributed by atoms with van der Waals surface area (Å²) < 4.78 is 5.23. The number of aryl methyl sites for hydroxylation is 1. The number of hydrogen-bond acceptors (Lipinski definition) is 5. The number of aromatic nitrogens is 2. The molecule has 0 spiro atoms. The van der Waals surface area contributed by atoms with Crippen molar-refractivity contribution < 1.29 is 19.2 Å². The summed E-state index contributed by atoms with van der Waals surface area (Å²) >= 11 is 0. The van der Waals surface area contributed by atoms with Crippen molar-refractivity contribution in [2.75, 3.05) is 7.05 Å². The van der Waals surface area contributed by atoms with Crippen molar-refractivity contribution in [3.8, 4) is 0 Å². The molecule has 0 aliphatic heterocycles. The molecule has 1 aromatic rings. The van der Waals surface area contributed by atoms with Gasteiger partial charge < -0.3 is 14.5 Å². The molecule has 25 heavy (non-hydrogen) atoms. The number of carbonyl (C=O) groups excluding carboxylic acids is 1. The summed E-state index contributed by atoms with van der Waals surface area (Å²) in [6.07, 6.45) is 5.14. The van der Waals surface area contributed by atoms with E-state index in [9.17, 15) is 14.7 Å². The lowest BCUT2D eigenvalue weighted by atomic mass is 9.80. The maximum Gasteiger partial charge on any atom is 0.329 e. The van der Waals surface area contributed by atoms with Crippen LogP contribution in [0.3, 0.4) is 0 Å². The number of likely N-dealkylation sites (N-methyl/N-ethyl adjacent to an activating group) is 1. The molecule has 7 nitrogen and oxygen atoms in total. The van der Waals surface area contributed by atoms with Gasteiger partial charge in [0.2, 0.25) is 11.8 Å². The molecule has 1 aliphatic rings. The maximum absolute atomic E-state index is 12.5. The Kier molecular flexibility index (Phi) is 5.85. The molecule has 1 aliphatic carbocycles. The van der Waals surface area contributed by atoms with Crippen LogP contribution in [0.4, 0.5) is 0 Å². The summed E-state index contributed by atoms with van der Waals surface area (Å²) in [6.45, 7) is 6.03. The highest BCUT2D eigenvalue weighted by Gasteiger charge is 2.45. The summed E-state index contributed by atoms with van der Waals surface area (Å²) in [5.74, 6) is 0.138. The Morgan fingerprint density at radius 2 is 1.88 bits per heavy atom. The average molecular weight is 351 g/mol. The van der Waals surface area contributed by atoms with Gasteiger partial charge >= 0.3 is 5.97 Å². The SMILES string of the molecule is CN(C(=O)CCCc1nc(C(C)(C)C)no1)C1(C(=O)O)CCCCC1. The smallest absolute Gasteiger partial charge is 0.329 e. The van der Waals surface area contributed by atoms with Crippen LogP contribution >= 0.6 is 0 Å². The van der Waals surface area contributed by atoms with Gasteiger partial charge in [0.25, 0.3) is 0 Å². The van der Waals surface area contributed by atoms with Crippen molar-refractivity contribution >= 4 is 11.9 Å². The number of carbonyl (C=O) groups is 2. The molecule has 1 amide bonds. The maximum atomic E-state index is 12.5. The molecular weight excluding hydrogens is 322 g/mol. The fourth-order valence-electron chi connectivity index (χ4n) is 3.29. The van der Waals surface area contributed by atoms with Gasteiger partial charge in [-0.2, -0.15) is 4.98 Å². The highest BCUT2D eigenvalue weighted by molar-refractivity contribution is 5.87. The zero-order chi connectivity index (χ0) is 18.7. The fourth-order valence-corrected chi connectivity index (χ4v) is 3.29. The van der Waals surface area contributed by atoms with Gasteiger partial charge in [-0.05, 0) is 19.3 Å². The normalized spacial score (nSPS) is 17.3. The molecule has 140 valence electrons. The third kappa shape index (κ3) is 4.38. The Balaban J connectivity index is 1.91. The molecule has 0 saturated heterocycles. The van der Waals surface area contributed by atoms with E-state index in [2.05, 4.69) is 10.1 Å². The van der Waals surface area contributed by atoms with Crippen LogP contribution in [0.25, 0.3) is 0 Å². The molecule has 0 atom stereocenters. The first-order valence-corrected chi connectivity index (χ1v) is 9.00. The van der Waals surface area contributed by atoms with Gasteiger partial charge in [-0.1, -0.05) is 45.2 Å². The number of hydrogen-bond donors (Lipinski definition) is 1. The van der Waals surface area contributed by atoms with Crippen molar-refractivity contribution in [1.29, 1.82) is 0 Å². The molecule has 7 heteroatoms. The average Bonchev–Trinajstić information content (AvgIpc) is 3.03. The van der Waals surface area contributed by atoms with Crippen LogP contribution in [0.5, 0.6) is 0 Å². The topological polar surface area (TPSA) is 96.5 Å². The third-order valence-corrected chi connectivity index (χ3v) is 5.02. The molecule has 0 radical (unpaired) electrons. The van der Waals surface area contributed by atoms with Crippen LogP contribution in [-0.2, 0) is 21.4 Å². The molecule has 1 heterocycles.